The summed E-state index contributed by atoms with van der Waals surface area (Å²) < 4.78 is 0. The molecule has 2 nitrogen and oxygen atoms in total. The Kier molecular flexibility index (Phi) is 3.91. The van der Waals surface area contributed by atoms with E-state index in [1.165, 1.54) is 64.5 Å². The highest BCUT2D eigenvalue weighted by Gasteiger charge is 2.36. The zero-order valence-electron chi connectivity index (χ0n) is 10.9. The Morgan fingerprint density at radius 3 is 2.06 bits per heavy atom. The Morgan fingerprint density at radius 1 is 1.06 bits per heavy atom. The van der Waals surface area contributed by atoms with E-state index in [1.807, 2.05) is 0 Å². The van der Waals surface area contributed by atoms with Gasteiger partial charge >= 0.3 is 0 Å². The van der Waals surface area contributed by atoms with Crippen LogP contribution in [-0.2, 0) is 0 Å². The van der Waals surface area contributed by atoms with Gasteiger partial charge in [-0.25, -0.2) is 0 Å². The molecular weight excluding hydrogens is 196 g/mol. The van der Waals surface area contributed by atoms with Gasteiger partial charge in [-0.2, -0.15) is 0 Å². The summed E-state index contributed by atoms with van der Waals surface area (Å²) in [6, 6.07) is 0. The second kappa shape index (κ2) is 5.05. The summed E-state index contributed by atoms with van der Waals surface area (Å²) in [7, 11) is 0. The molecule has 0 saturated heterocycles. The van der Waals surface area contributed by atoms with Crippen molar-refractivity contribution in [2.24, 2.45) is 16.6 Å². The largest absolute Gasteiger partial charge is 0.330 e. The lowest BCUT2D eigenvalue weighted by atomic mass is 9.66. The second-order valence-corrected chi connectivity index (χ2v) is 6.19. The van der Waals surface area contributed by atoms with Crippen LogP contribution < -0.4 is 11.1 Å². The predicted octanol–water partition coefficient (Wildman–Crippen LogP) is 2.68. The summed E-state index contributed by atoms with van der Waals surface area (Å²) >= 11 is 0. The van der Waals surface area contributed by atoms with Gasteiger partial charge in [0.15, 0.2) is 0 Å². The predicted molar refractivity (Wildman–Crippen MR) is 69.4 cm³/mol. The van der Waals surface area contributed by atoms with Crippen LogP contribution in [-0.4, -0.2) is 19.6 Å². The molecule has 0 aromatic carbocycles. The van der Waals surface area contributed by atoms with Crippen molar-refractivity contribution in [2.75, 3.05) is 19.6 Å². The van der Waals surface area contributed by atoms with Crippen molar-refractivity contribution in [3.8, 4) is 0 Å². The van der Waals surface area contributed by atoms with Crippen LogP contribution in [0.3, 0.4) is 0 Å². The zero-order chi connectivity index (χ0) is 11.5. The summed E-state index contributed by atoms with van der Waals surface area (Å²) in [5.41, 5.74) is 7.05. The van der Waals surface area contributed by atoms with Gasteiger partial charge in [0.25, 0.3) is 0 Å². The fourth-order valence-corrected chi connectivity index (χ4v) is 3.27. The molecule has 0 spiro atoms. The summed E-state index contributed by atoms with van der Waals surface area (Å²) in [5, 5.41) is 3.68. The highest BCUT2D eigenvalue weighted by molar-refractivity contribution is 4.91. The Bertz CT molecular complexity index is 182. The quantitative estimate of drug-likeness (QED) is 0.653. The molecule has 2 aliphatic carbocycles. The van der Waals surface area contributed by atoms with Crippen molar-refractivity contribution in [3.05, 3.63) is 0 Å². The minimum Gasteiger partial charge on any atom is -0.330 e. The van der Waals surface area contributed by atoms with E-state index in [9.17, 15) is 0 Å². The van der Waals surface area contributed by atoms with Crippen LogP contribution >= 0.6 is 0 Å². The molecule has 0 amide bonds. The Hall–Kier alpha value is -0.0800. The maximum Gasteiger partial charge on any atom is 0.000771 e. The molecule has 0 radical (unpaired) electrons. The lowest BCUT2D eigenvalue weighted by Crippen LogP contribution is -2.43. The Balaban J connectivity index is 1.61. The molecule has 0 heterocycles. The number of hydrogen-bond acceptors (Lipinski definition) is 2. The van der Waals surface area contributed by atoms with E-state index < -0.39 is 0 Å². The van der Waals surface area contributed by atoms with Crippen LogP contribution in [0.4, 0.5) is 0 Å². The third kappa shape index (κ3) is 2.43. The van der Waals surface area contributed by atoms with Crippen LogP contribution in [0.2, 0.25) is 0 Å². The molecule has 2 rings (SSSR count). The monoisotopic (exact) mass is 224 g/mol. The maximum atomic E-state index is 5.87. The molecule has 3 N–H and O–H groups in total. The van der Waals surface area contributed by atoms with Crippen molar-refractivity contribution in [1.29, 1.82) is 0 Å². The SMILES string of the molecule is CCC1(CNCCC2(CN)CCC2)CCC1. The fourth-order valence-electron chi connectivity index (χ4n) is 3.27. The van der Waals surface area contributed by atoms with Crippen LogP contribution in [0, 0.1) is 10.8 Å². The van der Waals surface area contributed by atoms with Gasteiger partial charge in [0, 0.05) is 6.54 Å². The van der Waals surface area contributed by atoms with E-state index in [-0.39, 0.29) is 0 Å². The molecule has 0 aromatic heterocycles. The van der Waals surface area contributed by atoms with Gasteiger partial charge in [0.2, 0.25) is 0 Å². The first-order valence-electron chi connectivity index (χ1n) is 7.15. The molecule has 0 unspecified atom stereocenters. The van der Waals surface area contributed by atoms with E-state index in [1.54, 1.807) is 0 Å². The first-order chi connectivity index (χ1) is 7.74. The van der Waals surface area contributed by atoms with Gasteiger partial charge in [0.1, 0.15) is 0 Å². The summed E-state index contributed by atoms with van der Waals surface area (Å²) in [6.07, 6.45) is 11.1. The molecule has 94 valence electrons. The topological polar surface area (TPSA) is 38.0 Å². The first-order valence-corrected chi connectivity index (χ1v) is 7.15. The van der Waals surface area contributed by atoms with Gasteiger partial charge < -0.3 is 11.1 Å². The maximum absolute atomic E-state index is 5.87. The normalized spacial score (nSPS) is 25.9. The minimum atomic E-state index is 0.520. The molecule has 2 aliphatic rings. The standard InChI is InChI=1S/C14H28N2/c1-2-13(5-3-6-13)12-16-10-9-14(11-15)7-4-8-14/h16H,2-12,15H2,1H3. The lowest BCUT2D eigenvalue weighted by Gasteiger charge is -2.43. The Labute approximate surface area is 100 Å². The summed E-state index contributed by atoms with van der Waals surface area (Å²) in [4.78, 5) is 0. The van der Waals surface area contributed by atoms with E-state index in [0.717, 1.165) is 6.54 Å². The number of rotatable bonds is 7. The molecule has 0 aromatic rings. The average molecular weight is 224 g/mol. The zero-order valence-corrected chi connectivity index (χ0v) is 10.9. The van der Waals surface area contributed by atoms with Crippen molar-refractivity contribution < 1.29 is 0 Å². The smallest absolute Gasteiger partial charge is 0.000771 e. The molecule has 16 heavy (non-hydrogen) atoms. The summed E-state index contributed by atoms with van der Waals surface area (Å²) in [5.74, 6) is 0. The highest BCUT2D eigenvalue weighted by atomic mass is 14.9. The first kappa shape index (κ1) is 12.4. The fraction of sp³-hybridized carbons (Fsp3) is 1.00. The lowest BCUT2D eigenvalue weighted by molar-refractivity contribution is 0.107. The van der Waals surface area contributed by atoms with E-state index in [4.69, 9.17) is 5.73 Å². The molecule has 2 fully saturated rings. The van der Waals surface area contributed by atoms with Gasteiger partial charge in [-0.3, -0.25) is 0 Å². The highest BCUT2D eigenvalue weighted by Crippen LogP contribution is 2.44. The molecule has 2 saturated carbocycles. The van der Waals surface area contributed by atoms with Gasteiger partial charge in [0.05, 0.1) is 0 Å². The summed E-state index contributed by atoms with van der Waals surface area (Å²) in [6.45, 7) is 5.66. The Morgan fingerprint density at radius 2 is 1.69 bits per heavy atom. The van der Waals surface area contributed by atoms with Gasteiger partial charge in [-0.15, -0.1) is 0 Å². The molecule has 0 bridgehead atoms. The molecule has 0 atom stereocenters. The van der Waals surface area contributed by atoms with E-state index in [0.29, 0.717) is 10.8 Å². The number of nitrogens with two attached hydrogens (primary N) is 1. The second-order valence-electron chi connectivity index (χ2n) is 6.19. The molecular formula is C14H28N2. The van der Waals surface area contributed by atoms with Crippen LogP contribution in [0.1, 0.15) is 58.3 Å². The van der Waals surface area contributed by atoms with Crippen molar-refractivity contribution in [3.63, 3.8) is 0 Å². The van der Waals surface area contributed by atoms with Crippen LogP contribution in [0.25, 0.3) is 0 Å². The van der Waals surface area contributed by atoms with Gasteiger partial charge in [-0.05, 0) is 62.4 Å². The average Bonchev–Trinajstić information content (AvgIpc) is 2.19. The van der Waals surface area contributed by atoms with Crippen LogP contribution in [0.15, 0.2) is 0 Å². The van der Waals surface area contributed by atoms with E-state index in [2.05, 4.69) is 12.2 Å². The number of nitrogens with one attached hydrogen (secondary N) is 1. The third-order valence-electron chi connectivity index (χ3n) is 5.34. The third-order valence-corrected chi connectivity index (χ3v) is 5.34. The molecule has 2 heteroatoms. The molecule has 0 aliphatic heterocycles. The van der Waals surface area contributed by atoms with Gasteiger partial charge in [-0.1, -0.05) is 19.8 Å². The van der Waals surface area contributed by atoms with Crippen LogP contribution in [0.5, 0.6) is 0 Å². The van der Waals surface area contributed by atoms with Crippen molar-refractivity contribution in [1.82, 2.24) is 5.32 Å². The number of hydrogen-bond donors (Lipinski definition) is 2. The van der Waals surface area contributed by atoms with Crippen molar-refractivity contribution >= 4 is 0 Å². The minimum absolute atomic E-state index is 0.520. The van der Waals surface area contributed by atoms with E-state index >= 15 is 0 Å². The van der Waals surface area contributed by atoms with Crippen molar-refractivity contribution in [2.45, 2.75) is 58.3 Å².